The zero-order chi connectivity index (χ0) is 18.9. The summed E-state index contributed by atoms with van der Waals surface area (Å²) in [5, 5.41) is 62.0. The molecule has 136 valence electrons. The second-order valence-corrected chi connectivity index (χ2v) is 6.27. The van der Waals surface area contributed by atoms with Gasteiger partial charge in [-0.1, -0.05) is 0 Å². The Bertz CT molecular complexity index is 992. The van der Waals surface area contributed by atoms with E-state index >= 15 is 0 Å². The lowest BCUT2D eigenvalue weighted by molar-refractivity contribution is 0.175. The molecule has 0 radical (unpaired) electrons. The summed E-state index contributed by atoms with van der Waals surface area (Å²) < 4.78 is 10.9. The van der Waals surface area contributed by atoms with Gasteiger partial charge in [-0.25, -0.2) is 0 Å². The van der Waals surface area contributed by atoms with E-state index in [0.717, 1.165) is 6.26 Å². The number of aliphatic hydroxyl groups excluding tert-OH is 2. The predicted molar refractivity (Wildman–Crippen MR) is 87.9 cm³/mol. The third kappa shape index (κ3) is 1.85. The third-order valence-electron chi connectivity index (χ3n) is 4.85. The molecule has 0 spiro atoms. The number of hydrogen-bond acceptors (Lipinski definition) is 8. The van der Waals surface area contributed by atoms with Gasteiger partial charge in [0.2, 0.25) is 11.5 Å². The molecular formula is C18H16O8. The molecule has 0 saturated carbocycles. The number of phenols is 4. The molecule has 0 bridgehead atoms. The van der Waals surface area contributed by atoms with E-state index in [1.165, 1.54) is 19.9 Å². The van der Waals surface area contributed by atoms with Crippen molar-refractivity contribution in [3.63, 3.8) is 0 Å². The van der Waals surface area contributed by atoms with Gasteiger partial charge in [0.25, 0.3) is 0 Å². The van der Waals surface area contributed by atoms with Gasteiger partial charge in [0.05, 0.1) is 6.26 Å². The van der Waals surface area contributed by atoms with Gasteiger partial charge in [-0.05, 0) is 19.9 Å². The SMILES string of the molecule is Cc1c(O)c(O)c(C)c2c1Oc1c(O)c(O)c3c(c1[C@@H]2O)[C@H](O)C=CO3. The van der Waals surface area contributed by atoms with Crippen molar-refractivity contribution in [3.05, 3.63) is 40.2 Å². The molecule has 4 rings (SSSR count). The lowest BCUT2D eigenvalue weighted by Gasteiger charge is -2.33. The van der Waals surface area contributed by atoms with Crippen molar-refractivity contribution in [3.8, 4) is 40.2 Å². The number of aliphatic hydroxyl groups is 2. The van der Waals surface area contributed by atoms with E-state index in [0.29, 0.717) is 0 Å². The van der Waals surface area contributed by atoms with Crippen molar-refractivity contribution in [1.29, 1.82) is 0 Å². The van der Waals surface area contributed by atoms with Crippen LogP contribution in [0.25, 0.3) is 0 Å². The zero-order valence-electron chi connectivity index (χ0n) is 13.8. The molecule has 0 fully saturated rings. The van der Waals surface area contributed by atoms with E-state index in [9.17, 15) is 30.6 Å². The van der Waals surface area contributed by atoms with Crippen molar-refractivity contribution in [2.24, 2.45) is 0 Å². The summed E-state index contributed by atoms with van der Waals surface area (Å²) in [5.74, 6) is -2.53. The minimum atomic E-state index is -1.41. The first-order valence-corrected chi connectivity index (χ1v) is 7.79. The Morgan fingerprint density at radius 2 is 1.35 bits per heavy atom. The Labute approximate surface area is 147 Å². The van der Waals surface area contributed by atoms with Crippen LogP contribution in [-0.4, -0.2) is 30.6 Å². The van der Waals surface area contributed by atoms with Crippen molar-refractivity contribution in [2.75, 3.05) is 0 Å². The second kappa shape index (κ2) is 5.20. The average molecular weight is 360 g/mol. The number of fused-ring (bicyclic) bond motifs is 4. The van der Waals surface area contributed by atoms with Gasteiger partial charge in [0.15, 0.2) is 23.0 Å². The smallest absolute Gasteiger partial charge is 0.205 e. The van der Waals surface area contributed by atoms with Crippen LogP contribution in [0.15, 0.2) is 12.3 Å². The van der Waals surface area contributed by atoms with Gasteiger partial charge in [-0.15, -0.1) is 0 Å². The highest BCUT2D eigenvalue weighted by Gasteiger charge is 2.40. The fraction of sp³-hybridized carbons (Fsp3) is 0.222. The van der Waals surface area contributed by atoms with Gasteiger partial charge in [-0.3, -0.25) is 0 Å². The second-order valence-electron chi connectivity index (χ2n) is 6.27. The van der Waals surface area contributed by atoms with E-state index in [1.807, 2.05) is 0 Å². The van der Waals surface area contributed by atoms with E-state index < -0.39 is 35.2 Å². The molecule has 0 saturated heterocycles. The predicted octanol–water partition coefficient (Wildman–Crippen LogP) is 2.25. The fourth-order valence-electron chi connectivity index (χ4n) is 3.45. The number of hydrogen-bond donors (Lipinski definition) is 6. The molecule has 2 atom stereocenters. The minimum absolute atomic E-state index is 0.00670. The highest BCUT2D eigenvalue weighted by Crippen LogP contribution is 2.60. The van der Waals surface area contributed by atoms with Gasteiger partial charge < -0.3 is 40.1 Å². The molecule has 0 aromatic heterocycles. The molecule has 2 aromatic carbocycles. The van der Waals surface area contributed by atoms with Gasteiger partial charge >= 0.3 is 0 Å². The molecule has 8 heteroatoms. The van der Waals surface area contributed by atoms with Crippen molar-refractivity contribution in [2.45, 2.75) is 26.1 Å². The summed E-state index contributed by atoms with van der Waals surface area (Å²) in [6.45, 7) is 2.96. The number of aromatic hydroxyl groups is 4. The number of rotatable bonds is 0. The maximum Gasteiger partial charge on any atom is 0.205 e. The zero-order valence-corrected chi connectivity index (χ0v) is 13.8. The van der Waals surface area contributed by atoms with Crippen LogP contribution in [0.2, 0.25) is 0 Å². The molecule has 0 aliphatic carbocycles. The molecule has 8 nitrogen and oxygen atoms in total. The molecule has 2 aliphatic heterocycles. The Kier molecular flexibility index (Phi) is 3.27. The summed E-state index contributed by atoms with van der Waals surface area (Å²) >= 11 is 0. The Hall–Kier alpha value is -3.10. The van der Waals surface area contributed by atoms with Crippen molar-refractivity contribution >= 4 is 0 Å². The Morgan fingerprint density at radius 3 is 2.04 bits per heavy atom. The molecule has 0 amide bonds. The quantitative estimate of drug-likeness (QED) is 0.393. The molecule has 26 heavy (non-hydrogen) atoms. The van der Waals surface area contributed by atoms with Crippen molar-refractivity contribution in [1.82, 2.24) is 0 Å². The monoisotopic (exact) mass is 360 g/mol. The van der Waals surface area contributed by atoms with Crippen LogP contribution in [0.4, 0.5) is 0 Å². The molecule has 2 aromatic rings. The minimum Gasteiger partial charge on any atom is -0.504 e. The number of ether oxygens (including phenoxy) is 2. The lowest BCUT2D eigenvalue weighted by Crippen LogP contribution is -2.18. The molecular weight excluding hydrogens is 344 g/mol. The maximum absolute atomic E-state index is 11.0. The first-order valence-electron chi connectivity index (χ1n) is 7.79. The van der Waals surface area contributed by atoms with Crippen molar-refractivity contribution < 1.29 is 40.1 Å². The van der Waals surface area contributed by atoms with Gasteiger partial charge in [-0.2, -0.15) is 0 Å². The largest absolute Gasteiger partial charge is 0.504 e. The number of benzene rings is 2. The summed E-state index contributed by atoms with van der Waals surface area (Å²) in [5.41, 5.74) is 0.567. The van der Waals surface area contributed by atoms with E-state index in [1.54, 1.807) is 0 Å². The molecule has 2 aliphatic rings. The first kappa shape index (κ1) is 16.4. The fourth-order valence-corrected chi connectivity index (χ4v) is 3.45. The summed E-state index contributed by atoms with van der Waals surface area (Å²) in [7, 11) is 0. The Morgan fingerprint density at radius 1 is 0.731 bits per heavy atom. The molecule has 0 unspecified atom stereocenters. The highest BCUT2D eigenvalue weighted by atomic mass is 16.5. The normalized spacial score (nSPS) is 19.8. The van der Waals surface area contributed by atoms with Crippen LogP contribution in [0.3, 0.4) is 0 Å². The van der Waals surface area contributed by atoms with Crippen LogP contribution in [-0.2, 0) is 0 Å². The van der Waals surface area contributed by atoms with Crippen LogP contribution < -0.4 is 9.47 Å². The summed E-state index contributed by atoms with van der Waals surface area (Å²) in [6, 6.07) is 0. The van der Waals surface area contributed by atoms with Gasteiger partial charge in [0.1, 0.15) is 18.0 Å². The number of phenolic OH excluding ortho intramolecular Hbond substituents is 4. The average Bonchev–Trinajstić information content (AvgIpc) is 2.62. The molecule has 6 N–H and O–H groups in total. The Balaban J connectivity index is 2.08. The van der Waals surface area contributed by atoms with Crippen LogP contribution in [0, 0.1) is 13.8 Å². The van der Waals surface area contributed by atoms with Crippen LogP contribution in [0.1, 0.15) is 40.0 Å². The molecule has 2 heterocycles. The maximum atomic E-state index is 11.0. The topological polar surface area (TPSA) is 140 Å². The highest BCUT2D eigenvalue weighted by molar-refractivity contribution is 5.74. The lowest BCUT2D eigenvalue weighted by atomic mass is 9.85. The van der Waals surface area contributed by atoms with Gasteiger partial charge in [0, 0.05) is 27.8 Å². The standard InChI is InChI=1S/C18H16O8/c1-5-8-13(22)10-9-7(19)3-4-25-17(9)14(23)15(24)18(10)26-16(8)6(2)12(21)11(5)20/h3-4,7,13,19-24H,1-2H3/t7-,13-/m1/s1. The van der Waals surface area contributed by atoms with E-state index in [4.69, 9.17) is 9.47 Å². The summed E-state index contributed by atoms with van der Waals surface area (Å²) in [4.78, 5) is 0. The van der Waals surface area contributed by atoms with Crippen LogP contribution in [0.5, 0.6) is 40.2 Å². The van der Waals surface area contributed by atoms with E-state index in [-0.39, 0.29) is 45.1 Å². The van der Waals surface area contributed by atoms with Crippen LogP contribution >= 0.6 is 0 Å². The third-order valence-corrected chi connectivity index (χ3v) is 4.85. The summed E-state index contributed by atoms with van der Waals surface area (Å²) in [6.07, 6.45) is -0.176. The first-order chi connectivity index (χ1) is 12.3. The van der Waals surface area contributed by atoms with E-state index in [2.05, 4.69) is 0 Å².